The Bertz CT molecular complexity index is 675. The van der Waals surface area contributed by atoms with Gasteiger partial charge in [-0.25, -0.2) is 4.98 Å². The Morgan fingerprint density at radius 2 is 2.25 bits per heavy atom. The van der Waals surface area contributed by atoms with Crippen molar-refractivity contribution in [2.45, 2.75) is 46.1 Å². The zero-order chi connectivity index (χ0) is 14.7. The molecule has 2 aromatic rings. The van der Waals surface area contributed by atoms with Crippen molar-refractivity contribution in [1.29, 1.82) is 0 Å². The number of esters is 1. The number of carbonyl (C=O) groups is 1. The first-order valence-electron chi connectivity index (χ1n) is 6.56. The highest BCUT2D eigenvalue weighted by molar-refractivity contribution is 7.16. The van der Waals surface area contributed by atoms with Gasteiger partial charge >= 0.3 is 5.97 Å². The lowest BCUT2D eigenvalue weighted by atomic mass is 10.2. The standard InChI is InChI=1S/C13H17N3O3S/c1-4-5-11(18)19-7-9-6-10(17)16-13(14-9)20-12(15-16)8(2)3/h6,8H,4-5,7H2,1-3H3. The average molecular weight is 295 g/mol. The highest BCUT2D eigenvalue weighted by Crippen LogP contribution is 2.19. The van der Waals surface area contributed by atoms with E-state index in [-0.39, 0.29) is 24.1 Å². The van der Waals surface area contributed by atoms with Gasteiger partial charge in [0, 0.05) is 18.4 Å². The van der Waals surface area contributed by atoms with Crippen LogP contribution in [-0.2, 0) is 16.1 Å². The molecule has 0 saturated heterocycles. The average Bonchev–Trinajstić information content (AvgIpc) is 2.81. The summed E-state index contributed by atoms with van der Waals surface area (Å²) in [6.07, 6.45) is 1.11. The molecule has 0 aliphatic rings. The molecule has 0 bridgehead atoms. The van der Waals surface area contributed by atoms with Crippen LogP contribution in [0.25, 0.3) is 4.96 Å². The number of rotatable bonds is 5. The lowest BCUT2D eigenvalue weighted by molar-refractivity contribution is -0.145. The number of hydrogen-bond acceptors (Lipinski definition) is 6. The van der Waals surface area contributed by atoms with Gasteiger partial charge in [-0.3, -0.25) is 9.59 Å². The molecule has 2 rings (SSSR count). The third-order valence-corrected chi connectivity index (χ3v) is 3.85. The van der Waals surface area contributed by atoms with Gasteiger partial charge in [0.25, 0.3) is 5.56 Å². The molecular weight excluding hydrogens is 278 g/mol. The zero-order valence-corrected chi connectivity index (χ0v) is 12.6. The first kappa shape index (κ1) is 14.6. The van der Waals surface area contributed by atoms with Crippen LogP contribution in [0, 0.1) is 0 Å². The van der Waals surface area contributed by atoms with Crippen molar-refractivity contribution in [3.8, 4) is 0 Å². The molecule has 0 aliphatic carbocycles. The molecule has 0 atom stereocenters. The first-order valence-corrected chi connectivity index (χ1v) is 7.38. The molecule has 2 heterocycles. The highest BCUT2D eigenvalue weighted by atomic mass is 32.1. The molecule has 0 saturated carbocycles. The monoisotopic (exact) mass is 295 g/mol. The van der Waals surface area contributed by atoms with Crippen molar-refractivity contribution in [3.05, 3.63) is 27.1 Å². The Morgan fingerprint density at radius 1 is 1.50 bits per heavy atom. The normalized spacial score (nSPS) is 11.2. The molecule has 0 radical (unpaired) electrons. The van der Waals surface area contributed by atoms with Gasteiger partial charge in [0.05, 0.1) is 5.69 Å². The number of ether oxygens (including phenoxy) is 1. The van der Waals surface area contributed by atoms with E-state index in [1.54, 1.807) is 0 Å². The number of nitrogens with zero attached hydrogens (tertiary/aromatic N) is 3. The fourth-order valence-electron chi connectivity index (χ4n) is 1.61. The maximum Gasteiger partial charge on any atom is 0.306 e. The molecule has 6 nitrogen and oxygen atoms in total. The minimum absolute atomic E-state index is 0.0273. The van der Waals surface area contributed by atoms with E-state index in [0.29, 0.717) is 17.1 Å². The van der Waals surface area contributed by atoms with Gasteiger partial charge in [-0.1, -0.05) is 32.1 Å². The number of aromatic nitrogens is 3. The molecule has 0 aromatic carbocycles. The van der Waals surface area contributed by atoms with Gasteiger partial charge in [-0.15, -0.1) is 0 Å². The molecule has 0 spiro atoms. The molecule has 0 N–H and O–H groups in total. The fraction of sp³-hybridized carbons (Fsp3) is 0.538. The van der Waals surface area contributed by atoms with Crippen LogP contribution in [0.3, 0.4) is 0 Å². The lowest BCUT2D eigenvalue weighted by Gasteiger charge is -2.02. The number of fused-ring (bicyclic) bond motifs is 1. The zero-order valence-electron chi connectivity index (χ0n) is 11.8. The van der Waals surface area contributed by atoms with Crippen LogP contribution in [0.4, 0.5) is 0 Å². The Morgan fingerprint density at radius 3 is 2.90 bits per heavy atom. The van der Waals surface area contributed by atoms with E-state index >= 15 is 0 Å². The maximum atomic E-state index is 11.9. The second-order valence-electron chi connectivity index (χ2n) is 4.79. The summed E-state index contributed by atoms with van der Waals surface area (Å²) < 4.78 is 6.35. The van der Waals surface area contributed by atoms with E-state index in [0.717, 1.165) is 11.4 Å². The summed E-state index contributed by atoms with van der Waals surface area (Å²) in [5.41, 5.74) is 0.207. The predicted octanol–water partition coefficient (Wildman–Crippen LogP) is 2.12. The van der Waals surface area contributed by atoms with Crippen LogP contribution in [0.15, 0.2) is 10.9 Å². The summed E-state index contributed by atoms with van der Waals surface area (Å²) in [5.74, 6) is -0.0337. The molecule has 0 amide bonds. The quantitative estimate of drug-likeness (QED) is 0.790. The Hall–Kier alpha value is -1.76. The molecule has 108 valence electrons. The minimum Gasteiger partial charge on any atom is -0.459 e. The van der Waals surface area contributed by atoms with Gasteiger partial charge in [-0.2, -0.15) is 9.61 Å². The van der Waals surface area contributed by atoms with Crippen molar-refractivity contribution in [3.63, 3.8) is 0 Å². The third-order valence-electron chi connectivity index (χ3n) is 2.64. The molecule has 0 aliphatic heterocycles. The molecule has 20 heavy (non-hydrogen) atoms. The van der Waals surface area contributed by atoms with Crippen molar-refractivity contribution < 1.29 is 9.53 Å². The van der Waals surface area contributed by atoms with Crippen LogP contribution in [-0.4, -0.2) is 20.6 Å². The van der Waals surface area contributed by atoms with Crippen molar-refractivity contribution in [2.24, 2.45) is 0 Å². The predicted molar refractivity (Wildman–Crippen MR) is 75.9 cm³/mol. The van der Waals surface area contributed by atoms with Gasteiger partial charge in [-0.05, 0) is 6.42 Å². The van der Waals surface area contributed by atoms with Crippen molar-refractivity contribution in [1.82, 2.24) is 14.6 Å². The van der Waals surface area contributed by atoms with Gasteiger partial charge < -0.3 is 4.74 Å². The maximum absolute atomic E-state index is 11.9. The van der Waals surface area contributed by atoms with E-state index in [4.69, 9.17) is 4.74 Å². The molecular formula is C13H17N3O3S. The number of hydrogen-bond donors (Lipinski definition) is 0. The SMILES string of the molecule is CCCC(=O)OCc1cc(=O)n2nc(C(C)C)sc2n1. The lowest BCUT2D eigenvalue weighted by Crippen LogP contribution is -2.16. The first-order chi connectivity index (χ1) is 9.51. The summed E-state index contributed by atoms with van der Waals surface area (Å²) in [7, 11) is 0. The Labute approximate surface area is 120 Å². The third kappa shape index (κ3) is 3.22. The van der Waals surface area contributed by atoms with Crippen molar-refractivity contribution in [2.75, 3.05) is 0 Å². The second kappa shape index (κ2) is 6.13. The number of carbonyl (C=O) groups excluding carboxylic acids is 1. The second-order valence-corrected chi connectivity index (χ2v) is 5.77. The molecule has 0 fully saturated rings. The van der Waals surface area contributed by atoms with Crippen molar-refractivity contribution >= 4 is 22.3 Å². The summed E-state index contributed by atoms with van der Waals surface area (Å²) in [5, 5.41) is 5.09. The van der Waals surface area contributed by atoms with E-state index < -0.39 is 0 Å². The van der Waals surface area contributed by atoms with E-state index in [1.165, 1.54) is 21.9 Å². The van der Waals surface area contributed by atoms with Crippen LogP contribution < -0.4 is 5.56 Å². The van der Waals surface area contributed by atoms with Crippen LogP contribution >= 0.6 is 11.3 Å². The molecule has 2 aromatic heterocycles. The van der Waals surface area contributed by atoms with Crippen LogP contribution in [0.5, 0.6) is 0 Å². The Kier molecular flexibility index (Phi) is 4.49. The topological polar surface area (TPSA) is 73.6 Å². The van der Waals surface area contributed by atoms with Gasteiger partial charge in [0.2, 0.25) is 4.96 Å². The summed E-state index contributed by atoms with van der Waals surface area (Å²) in [4.78, 5) is 28.1. The minimum atomic E-state index is -0.276. The summed E-state index contributed by atoms with van der Waals surface area (Å²) in [6.45, 7) is 5.95. The fourth-order valence-corrected chi connectivity index (χ4v) is 2.53. The molecule has 0 unspecified atom stereocenters. The smallest absolute Gasteiger partial charge is 0.306 e. The molecule has 7 heteroatoms. The van der Waals surface area contributed by atoms with Gasteiger partial charge in [0.1, 0.15) is 11.6 Å². The van der Waals surface area contributed by atoms with E-state index in [9.17, 15) is 9.59 Å². The van der Waals surface area contributed by atoms with E-state index in [1.807, 2.05) is 20.8 Å². The summed E-state index contributed by atoms with van der Waals surface area (Å²) >= 11 is 1.38. The van der Waals surface area contributed by atoms with Crippen LogP contribution in [0.2, 0.25) is 0 Å². The summed E-state index contributed by atoms with van der Waals surface area (Å²) in [6, 6.07) is 1.36. The van der Waals surface area contributed by atoms with Gasteiger partial charge in [0.15, 0.2) is 0 Å². The van der Waals surface area contributed by atoms with E-state index in [2.05, 4.69) is 10.1 Å². The largest absolute Gasteiger partial charge is 0.459 e. The Balaban J connectivity index is 2.23. The van der Waals surface area contributed by atoms with Crippen LogP contribution in [0.1, 0.15) is 50.2 Å². The highest BCUT2D eigenvalue weighted by Gasteiger charge is 2.12.